The summed E-state index contributed by atoms with van der Waals surface area (Å²) in [6, 6.07) is 18.5. The molecule has 5 rings (SSSR count). The molecule has 4 aromatic rings. The van der Waals surface area contributed by atoms with Crippen LogP contribution in [0.2, 0.25) is 0 Å². The molecule has 10 heteroatoms. The molecule has 1 N–H and O–H groups in total. The van der Waals surface area contributed by atoms with E-state index in [1.165, 1.54) is 21.5 Å². The SMILES string of the molecule is CCOc1cccc2c1Oc1c(c(=O)n(-c3ccccc3)n1CC(=O)Nc1cccc(C(F)(F)F)c1)C2. The zero-order chi connectivity index (χ0) is 26.2. The minimum Gasteiger partial charge on any atom is -0.490 e. The molecule has 0 atom stereocenters. The van der Waals surface area contributed by atoms with Crippen LogP contribution in [-0.2, 0) is 23.9 Å². The van der Waals surface area contributed by atoms with Gasteiger partial charge in [-0.25, -0.2) is 9.36 Å². The summed E-state index contributed by atoms with van der Waals surface area (Å²) in [5.41, 5.74) is 0.373. The number of fused-ring (bicyclic) bond motifs is 2. The van der Waals surface area contributed by atoms with Crippen molar-refractivity contribution in [1.29, 1.82) is 0 Å². The van der Waals surface area contributed by atoms with Crippen LogP contribution in [0.3, 0.4) is 0 Å². The maximum absolute atomic E-state index is 13.5. The van der Waals surface area contributed by atoms with Crippen LogP contribution >= 0.6 is 0 Å². The number of hydrogen-bond acceptors (Lipinski definition) is 4. The highest BCUT2D eigenvalue weighted by molar-refractivity contribution is 5.90. The molecule has 0 spiro atoms. The number of carbonyl (C=O) groups excluding carboxylic acids is 1. The fourth-order valence-corrected chi connectivity index (χ4v) is 4.29. The lowest BCUT2D eigenvalue weighted by Crippen LogP contribution is -2.27. The van der Waals surface area contributed by atoms with Crippen LogP contribution in [0.5, 0.6) is 17.4 Å². The molecule has 3 aromatic carbocycles. The molecule has 0 saturated carbocycles. The number of anilines is 1. The summed E-state index contributed by atoms with van der Waals surface area (Å²) >= 11 is 0. The molecule has 1 aliphatic heterocycles. The predicted octanol–water partition coefficient (Wildman–Crippen LogP) is 5.39. The summed E-state index contributed by atoms with van der Waals surface area (Å²) in [5, 5.41) is 2.49. The number of carbonyl (C=O) groups is 1. The number of amides is 1. The third kappa shape index (κ3) is 4.69. The first kappa shape index (κ1) is 24.2. The fraction of sp³-hybridized carbons (Fsp3) is 0.185. The van der Waals surface area contributed by atoms with Gasteiger partial charge in [0.05, 0.1) is 23.4 Å². The highest BCUT2D eigenvalue weighted by Crippen LogP contribution is 2.42. The molecule has 1 aromatic heterocycles. The van der Waals surface area contributed by atoms with Crippen molar-refractivity contribution in [3.63, 3.8) is 0 Å². The van der Waals surface area contributed by atoms with E-state index in [1.807, 2.05) is 19.1 Å². The van der Waals surface area contributed by atoms with Crippen LogP contribution in [0.15, 0.2) is 77.6 Å². The van der Waals surface area contributed by atoms with E-state index in [4.69, 9.17) is 9.47 Å². The van der Waals surface area contributed by atoms with E-state index in [1.54, 1.807) is 36.4 Å². The summed E-state index contributed by atoms with van der Waals surface area (Å²) in [4.78, 5) is 26.6. The monoisotopic (exact) mass is 509 g/mol. The average Bonchev–Trinajstić information content (AvgIpc) is 3.13. The molecule has 0 fully saturated rings. The highest BCUT2D eigenvalue weighted by Gasteiger charge is 2.32. The molecule has 0 saturated heterocycles. The molecule has 2 heterocycles. The van der Waals surface area contributed by atoms with Crippen LogP contribution in [0, 0.1) is 0 Å². The van der Waals surface area contributed by atoms with Gasteiger partial charge in [0.2, 0.25) is 11.8 Å². The van der Waals surface area contributed by atoms with E-state index < -0.39 is 17.6 Å². The normalized spacial score (nSPS) is 12.3. The summed E-state index contributed by atoms with van der Waals surface area (Å²) in [6.07, 6.45) is -4.28. The first-order chi connectivity index (χ1) is 17.8. The zero-order valence-electron chi connectivity index (χ0n) is 19.7. The van der Waals surface area contributed by atoms with Gasteiger partial charge in [-0.1, -0.05) is 36.4 Å². The molecule has 190 valence electrons. The zero-order valence-corrected chi connectivity index (χ0v) is 19.7. The lowest BCUT2D eigenvalue weighted by Gasteiger charge is -2.21. The van der Waals surface area contributed by atoms with E-state index in [2.05, 4.69) is 5.32 Å². The Morgan fingerprint density at radius 3 is 2.54 bits per heavy atom. The van der Waals surface area contributed by atoms with Crippen molar-refractivity contribution < 1.29 is 27.4 Å². The van der Waals surface area contributed by atoms with Crippen LogP contribution in [0.25, 0.3) is 5.69 Å². The summed E-state index contributed by atoms with van der Waals surface area (Å²) < 4.78 is 53.9. The van der Waals surface area contributed by atoms with Gasteiger partial charge in [-0.15, -0.1) is 0 Å². The third-order valence-electron chi connectivity index (χ3n) is 5.88. The Kier molecular flexibility index (Phi) is 6.24. The molecule has 7 nitrogen and oxygen atoms in total. The van der Waals surface area contributed by atoms with E-state index in [9.17, 15) is 22.8 Å². The molecule has 0 radical (unpaired) electrons. The van der Waals surface area contributed by atoms with E-state index in [0.29, 0.717) is 29.4 Å². The van der Waals surface area contributed by atoms with Gasteiger partial charge in [-0.05, 0) is 43.3 Å². The van der Waals surface area contributed by atoms with Crippen LogP contribution in [0.4, 0.5) is 18.9 Å². The minimum absolute atomic E-state index is 0.0145. The van der Waals surface area contributed by atoms with Crippen molar-refractivity contribution in [3.05, 3.63) is 99.8 Å². The van der Waals surface area contributed by atoms with Gasteiger partial charge >= 0.3 is 6.18 Å². The van der Waals surface area contributed by atoms with E-state index >= 15 is 0 Å². The van der Waals surface area contributed by atoms with Gasteiger partial charge in [-0.3, -0.25) is 9.59 Å². The Bertz CT molecular complexity index is 1520. The Hall–Kier alpha value is -4.47. The highest BCUT2D eigenvalue weighted by atomic mass is 19.4. The molecule has 0 unspecified atom stereocenters. The smallest absolute Gasteiger partial charge is 0.416 e. The molecule has 1 aliphatic rings. The third-order valence-corrected chi connectivity index (χ3v) is 5.88. The first-order valence-electron chi connectivity index (χ1n) is 11.6. The molecular weight excluding hydrogens is 487 g/mol. The first-order valence-corrected chi connectivity index (χ1v) is 11.6. The average molecular weight is 509 g/mol. The van der Waals surface area contributed by atoms with Gasteiger partial charge < -0.3 is 14.8 Å². The van der Waals surface area contributed by atoms with Crippen molar-refractivity contribution >= 4 is 11.6 Å². The number of aromatic nitrogens is 2. The molecule has 1 amide bonds. The molecular formula is C27H22F3N3O4. The van der Waals surface area contributed by atoms with Gasteiger partial charge in [0.25, 0.3) is 5.56 Å². The number of halogens is 3. The van der Waals surface area contributed by atoms with Gasteiger partial charge in [0, 0.05) is 17.7 Å². The number of nitrogens with zero attached hydrogens (tertiary/aromatic N) is 2. The second-order valence-electron chi connectivity index (χ2n) is 8.38. The lowest BCUT2D eigenvalue weighted by atomic mass is 10.0. The minimum atomic E-state index is -4.55. The Morgan fingerprint density at radius 2 is 1.81 bits per heavy atom. The Morgan fingerprint density at radius 1 is 1.05 bits per heavy atom. The van der Waals surface area contributed by atoms with Gasteiger partial charge in [-0.2, -0.15) is 13.2 Å². The summed E-state index contributed by atoms with van der Waals surface area (Å²) in [6.45, 7) is 1.86. The maximum Gasteiger partial charge on any atom is 0.416 e. The standard InChI is InChI=1S/C27H22F3N3O4/c1-2-36-22-13-6-8-17-14-21-25(35)33(20-11-4-3-5-12-20)32(26(21)37-24(17)22)16-23(34)31-19-10-7-9-18(15-19)27(28,29)30/h3-13,15H,2,14,16H2,1H3,(H,31,34). The van der Waals surface area contributed by atoms with E-state index in [-0.39, 0.29) is 30.1 Å². The van der Waals surface area contributed by atoms with E-state index in [0.717, 1.165) is 17.7 Å². The van der Waals surface area contributed by atoms with Gasteiger partial charge in [0.1, 0.15) is 6.54 Å². The number of ether oxygens (including phenoxy) is 2. The summed E-state index contributed by atoms with van der Waals surface area (Å²) in [5.74, 6) is 0.501. The summed E-state index contributed by atoms with van der Waals surface area (Å²) in [7, 11) is 0. The number of rotatable bonds is 6. The molecule has 37 heavy (non-hydrogen) atoms. The van der Waals surface area contributed by atoms with Crippen molar-refractivity contribution in [3.8, 4) is 23.1 Å². The predicted molar refractivity (Wildman–Crippen MR) is 131 cm³/mol. The lowest BCUT2D eigenvalue weighted by molar-refractivity contribution is -0.137. The quantitative estimate of drug-likeness (QED) is 0.333. The number of alkyl halides is 3. The maximum atomic E-state index is 13.5. The van der Waals surface area contributed by atoms with Gasteiger partial charge in [0.15, 0.2) is 11.5 Å². The Labute approximate surface area is 209 Å². The second kappa shape index (κ2) is 9.53. The molecule has 0 aliphatic carbocycles. The fourth-order valence-electron chi connectivity index (χ4n) is 4.29. The molecule has 0 bridgehead atoms. The second-order valence-corrected chi connectivity index (χ2v) is 8.38. The van der Waals surface area contributed by atoms with Crippen molar-refractivity contribution in [2.24, 2.45) is 0 Å². The number of benzene rings is 3. The number of hydrogen-bond donors (Lipinski definition) is 1. The largest absolute Gasteiger partial charge is 0.490 e. The van der Waals surface area contributed by atoms with Crippen LogP contribution in [0.1, 0.15) is 23.6 Å². The van der Waals surface area contributed by atoms with Crippen molar-refractivity contribution in [2.75, 3.05) is 11.9 Å². The Balaban J connectivity index is 1.55. The van der Waals surface area contributed by atoms with Crippen LogP contribution in [-0.4, -0.2) is 21.9 Å². The van der Waals surface area contributed by atoms with Crippen molar-refractivity contribution in [1.82, 2.24) is 9.36 Å². The van der Waals surface area contributed by atoms with Crippen LogP contribution < -0.4 is 20.3 Å². The number of nitrogens with one attached hydrogen (secondary N) is 1. The van der Waals surface area contributed by atoms with Crippen molar-refractivity contribution in [2.45, 2.75) is 26.1 Å². The number of para-hydroxylation sites is 2. The topological polar surface area (TPSA) is 74.5 Å².